The molecule has 0 radical (unpaired) electrons. The highest BCUT2D eigenvalue weighted by atomic mass is 19.3. The van der Waals surface area contributed by atoms with Gasteiger partial charge in [-0.3, -0.25) is 5.41 Å². The molecule has 3 N–H and O–H groups in total. The minimum Gasteiger partial charge on any atom is -0.368 e. The number of benzene rings is 1. The molecule has 0 aliphatic heterocycles. The zero-order chi connectivity index (χ0) is 13.1. The Morgan fingerprint density at radius 2 is 1.82 bits per heavy atom. The van der Waals surface area contributed by atoms with E-state index in [9.17, 15) is 17.6 Å². The van der Waals surface area contributed by atoms with Crippen molar-refractivity contribution >= 4 is 11.6 Å². The van der Waals surface area contributed by atoms with Crippen LogP contribution in [0.5, 0.6) is 0 Å². The molecule has 4 nitrogen and oxygen atoms in total. The van der Waals surface area contributed by atoms with Gasteiger partial charge in [0.05, 0.1) is 5.69 Å². The number of nitrogens with zero attached hydrogens (tertiary/aromatic N) is 1. The lowest BCUT2D eigenvalue weighted by Crippen LogP contribution is -2.45. The third kappa shape index (κ3) is 3.31. The Bertz CT molecular complexity index is 385. The summed E-state index contributed by atoms with van der Waals surface area (Å²) in [5, 5.41) is 7.14. The van der Waals surface area contributed by atoms with Crippen LogP contribution in [-0.4, -0.2) is 18.5 Å². The van der Waals surface area contributed by atoms with Crippen LogP contribution in [-0.2, 0) is 4.84 Å². The molecule has 0 fully saturated rings. The number of rotatable bonds is 4. The number of hydrogen-bond acceptors (Lipinski definition) is 2. The first-order valence-electron chi connectivity index (χ1n) is 4.39. The summed E-state index contributed by atoms with van der Waals surface area (Å²) in [5.41, 5.74) is 4.93. The molecule has 0 saturated carbocycles. The number of nitrogens with two attached hydrogens (primary N) is 1. The Kier molecular flexibility index (Phi) is 3.89. The molecule has 0 aliphatic rings. The van der Waals surface area contributed by atoms with E-state index in [1.165, 1.54) is 24.3 Å². The molecule has 0 aliphatic carbocycles. The van der Waals surface area contributed by atoms with E-state index in [2.05, 4.69) is 4.84 Å². The normalized spacial score (nSPS) is 11.6. The van der Waals surface area contributed by atoms with Crippen LogP contribution in [0.15, 0.2) is 30.3 Å². The van der Waals surface area contributed by atoms with Crippen molar-refractivity contribution < 1.29 is 22.4 Å². The number of guanidine groups is 1. The van der Waals surface area contributed by atoms with Crippen LogP contribution >= 0.6 is 0 Å². The van der Waals surface area contributed by atoms with Crippen molar-refractivity contribution in [3.05, 3.63) is 30.3 Å². The highest BCUT2D eigenvalue weighted by molar-refractivity contribution is 5.90. The Labute approximate surface area is 94.0 Å². The summed E-state index contributed by atoms with van der Waals surface area (Å²) in [7, 11) is 0. The van der Waals surface area contributed by atoms with Gasteiger partial charge in [-0.15, -0.1) is 0 Å². The number of hydroxylamine groups is 1. The van der Waals surface area contributed by atoms with Gasteiger partial charge in [0.1, 0.15) is 0 Å². The highest BCUT2D eigenvalue weighted by Crippen LogP contribution is 2.27. The largest absolute Gasteiger partial charge is 0.437 e. The van der Waals surface area contributed by atoms with Crippen LogP contribution in [0, 0.1) is 5.41 Å². The molecular weight excluding hydrogens is 242 g/mol. The van der Waals surface area contributed by atoms with Gasteiger partial charge in [-0.05, 0) is 12.1 Å². The van der Waals surface area contributed by atoms with Gasteiger partial charge in [-0.25, -0.2) is 8.78 Å². The van der Waals surface area contributed by atoms with E-state index in [0.29, 0.717) is 0 Å². The molecule has 0 unspecified atom stereocenters. The first-order chi connectivity index (χ1) is 7.84. The van der Waals surface area contributed by atoms with Gasteiger partial charge in [0, 0.05) is 0 Å². The van der Waals surface area contributed by atoms with Crippen LogP contribution in [0.2, 0.25) is 0 Å². The lowest BCUT2D eigenvalue weighted by atomic mass is 10.3. The Hall–Kier alpha value is -1.83. The van der Waals surface area contributed by atoms with Gasteiger partial charge in [0.25, 0.3) is 0 Å². The second kappa shape index (κ2) is 5.00. The summed E-state index contributed by atoms with van der Waals surface area (Å²) in [6.45, 7) is 0. The third-order valence-electron chi connectivity index (χ3n) is 1.68. The van der Waals surface area contributed by atoms with Gasteiger partial charge in [-0.1, -0.05) is 18.2 Å². The standard InChI is InChI=1S/C9H9F4N3O/c10-7(11)9(12,13)17-16(8(14)15)6-4-2-1-3-5-6/h1-5,7H,(H3,14,15). The summed E-state index contributed by atoms with van der Waals surface area (Å²) < 4.78 is 49.2. The summed E-state index contributed by atoms with van der Waals surface area (Å²) in [5.74, 6) is -0.934. The zero-order valence-corrected chi connectivity index (χ0v) is 8.41. The van der Waals surface area contributed by atoms with E-state index in [1.54, 1.807) is 6.07 Å². The number of anilines is 1. The SMILES string of the molecule is N=C(N)N(OC(F)(F)C(F)F)c1ccccc1. The van der Waals surface area contributed by atoms with Crippen molar-refractivity contribution in [1.82, 2.24) is 0 Å². The molecule has 0 saturated heterocycles. The summed E-state index contributed by atoms with van der Waals surface area (Å²) in [4.78, 5) is 3.75. The predicted octanol–water partition coefficient (Wildman–Crippen LogP) is 2.18. The molecule has 0 atom stereocenters. The number of para-hydroxylation sites is 1. The van der Waals surface area contributed by atoms with Gasteiger partial charge in [0.15, 0.2) is 0 Å². The fourth-order valence-electron chi connectivity index (χ4n) is 0.966. The lowest BCUT2D eigenvalue weighted by Gasteiger charge is -2.26. The Balaban J connectivity index is 2.93. The molecule has 0 spiro atoms. The number of nitrogens with one attached hydrogen (secondary N) is 1. The van der Waals surface area contributed by atoms with E-state index >= 15 is 0 Å². The van der Waals surface area contributed by atoms with Crippen LogP contribution in [0.4, 0.5) is 23.2 Å². The van der Waals surface area contributed by atoms with Crippen molar-refractivity contribution in [2.24, 2.45) is 5.73 Å². The van der Waals surface area contributed by atoms with Gasteiger partial charge >= 0.3 is 12.5 Å². The van der Waals surface area contributed by atoms with Crippen molar-refractivity contribution in [2.45, 2.75) is 12.5 Å². The Morgan fingerprint density at radius 1 is 1.29 bits per heavy atom. The fraction of sp³-hybridized carbons (Fsp3) is 0.222. The molecule has 0 bridgehead atoms. The molecule has 94 valence electrons. The second-order valence-electron chi connectivity index (χ2n) is 2.97. The minimum absolute atomic E-state index is 0.0553. The maximum Gasteiger partial charge on any atom is 0.437 e. The minimum atomic E-state index is -4.72. The molecule has 8 heteroatoms. The maximum absolute atomic E-state index is 12.7. The maximum atomic E-state index is 12.7. The van der Waals surface area contributed by atoms with Gasteiger partial charge < -0.3 is 5.73 Å². The smallest absolute Gasteiger partial charge is 0.368 e. The van der Waals surface area contributed by atoms with E-state index in [-0.39, 0.29) is 10.8 Å². The van der Waals surface area contributed by atoms with Crippen molar-refractivity contribution in [1.29, 1.82) is 5.41 Å². The van der Waals surface area contributed by atoms with Crippen LogP contribution in [0.1, 0.15) is 0 Å². The van der Waals surface area contributed by atoms with Gasteiger partial charge in [0.2, 0.25) is 5.96 Å². The highest BCUT2D eigenvalue weighted by Gasteiger charge is 2.45. The summed E-state index contributed by atoms with van der Waals surface area (Å²) in [6.07, 6.45) is -8.74. The van der Waals surface area contributed by atoms with Crippen molar-refractivity contribution in [3.63, 3.8) is 0 Å². The monoisotopic (exact) mass is 251 g/mol. The van der Waals surface area contributed by atoms with E-state index in [0.717, 1.165) is 0 Å². The average Bonchev–Trinajstić information content (AvgIpc) is 2.26. The molecule has 0 heterocycles. The van der Waals surface area contributed by atoms with E-state index < -0.39 is 18.5 Å². The van der Waals surface area contributed by atoms with Crippen molar-refractivity contribution in [3.8, 4) is 0 Å². The first kappa shape index (κ1) is 13.2. The third-order valence-corrected chi connectivity index (χ3v) is 1.68. The van der Waals surface area contributed by atoms with Crippen LogP contribution in [0.3, 0.4) is 0 Å². The second-order valence-corrected chi connectivity index (χ2v) is 2.97. The van der Waals surface area contributed by atoms with E-state index in [1.807, 2.05) is 0 Å². The predicted molar refractivity (Wildman–Crippen MR) is 52.9 cm³/mol. The molecule has 0 amide bonds. The van der Waals surface area contributed by atoms with Crippen LogP contribution < -0.4 is 10.8 Å². The topological polar surface area (TPSA) is 62.3 Å². The molecule has 17 heavy (non-hydrogen) atoms. The molecule has 0 aromatic heterocycles. The first-order valence-corrected chi connectivity index (χ1v) is 4.39. The molecule has 1 rings (SSSR count). The number of halogens is 4. The summed E-state index contributed by atoms with van der Waals surface area (Å²) in [6, 6.07) is 7.04. The average molecular weight is 251 g/mol. The van der Waals surface area contributed by atoms with Crippen LogP contribution in [0.25, 0.3) is 0 Å². The lowest BCUT2D eigenvalue weighted by molar-refractivity contribution is -0.299. The number of alkyl halides is 4. The molecular formula is C9H9F4N3O. The Morgan fingerprint density at radius 3 is 2.24 bits per heavy atom. The quantitative estimate of drug-likeness (QED) is 0.373. The van der Waals surface area contributed by atoms with Gasteiger partial charge in [-0.2, -0.15) is 18.7 Å². The molecule has 1 aromatic rings. The fourth-order valence-corrected chi connectivity index (χ4v) is 0.966. The zero-order valence-electron chi connectivity index (χ0n) is 8.41. The van der Waals surface area contributed by atoms with E-state index in [4.69, 9.17) is 11.1 Å². The summed E-state index contributed by atoms with van der Waals surface area (Å²) >= 11 is 0. The van der Waals surface area contributed by atoms with Crippen molar-refractivity contribution in [2.75, 3.05) is 5.06 Å². The number of hydrogen-bond donors (Lipinski definition) is 2. The molecule has 1 aromatic carbocycles.